The van der Waals surface area contributed by atoms with Crippen LogP contribution in [0.4, 0.5) is 0 Å². The molecule has 0 aliphatic heterocycles. The zero-order valence-corrected chi connectivity index (χ0v) is 11.5. The van der Waals surface area contributed by atoms with Crippen LogP contribution in [-0.2, 0) is 10.3 Å². The number of halogens is 1. The van der Waals surface area contributed by atoms with Gasteiger partial charge in [-0.25, -0.2) is 9.97 Å². The standard InChI is InChI=1S/C14H19ClN2O/c1-18-14(7-3-2-4-8-14)13-16-11(10-5-6-10)9-12(15)17-13/h9-10H,2-8H2,1H3. The van der Waals surface area contributed by atoms with Gasteiger partial charge in [0, 0.05) is 18.7 Å². The van der Waals surface area contributed by atoms with Crippen molar-refractivity contribution in [1.29, 1.82) is 0 Å². The van der Waals surface area contributed by atoms with Crippen LogP contribution in [0.1, 0.15) is 62.4 Å². The van der Waals surface area contributed by atoms with Crippen molar-refractivity contribution in [2.45, 2.75) is 56.5 Å². The molecule has 2 aliphatic rings. The molecule has 0 aromatic carbocycles. The third-order valence-electron chi connectivity index (χ3n) is 4.17. The third-order valence-corrected chi connectivity index (χ3v) is 4.36. The molecule has 1 aromatic heterocycles. The van der Waals surface area contributed by atoms with Gasteiger partial charge >= 0.3 is 0 Å². The number of hydrogen-bond donors (Lipinski definition) is 0. The fourth-order valence-electron chi connectivity index (χ4n) is 2.87. The maximum absolute atomic E-state index is 6.15. The fraction of sp³-hybridized carbons (Fsp3) is 0.714. The minimum absolute atomic E-state index is 0.299. The summed E-state index contributed by atoms with van der Waals surface area (Å²) in [6, 6.07) is 1.91. The van der Waals surface area contributed by atoms with Gasteiger partial charge in [0.05, 0.1) is 0 Å². The minimum atomic E-state index is -0.299. The van der Waals surface area contributed by atoms with Gasteiger partial charge in [-0.2, -0.15) is 0 Å². The molecule has 18 heavy (non-hydrogen) atoms. The largest absolute Gasteiger partial charge is 0.370 e. The zero-order valence-electron chi connectivity index (χ0n) is 10.8. The van der Waals surface area contributed by atoms with Gasteiger partial charge in [0.15, 0.2) is 5.82 Å². The van der Waals surface area contributed by atoms with Crippen LogP contribution in [0.2, 0.25) is 5.15 Å². The molecule has 0 saturated heterocycles. The highest BCUT2D eigenvalue weighted by atomic mass is 35.5. The van der Waals surface area contributed by atoms with Gasteiger partial charge in [0.1, 0.15) is 10.8 Å². The molecule has 0 N–H and O–H groups in total. The summed E-state index contributed by atoms with van der Waals surface area (Å²) < 4.78 is 5.79. The Labute approximate surface area is 113 Å². The van der Waals surface area contributed by atoms with Crippen molar-refractivity contribution in [3.8, 4) is 0 Å². The van der Waals surface area contributed by atoms with Gasteiger partial charge in [-0.15, -0.1) is 0 Å². The lowest BCUT2D eigenvalue weighted by Crippen LogP contribution is -2.33. The van der Waals surface area contributed by atoms with E-state index in [4.69, 9.17) is 21.3 Å². The van der Waals surface area contributed by atoms with Crippen molar-refractivity contribution in [2.75, 3.05) is 7.11 Å². The zero-order chi connectivity index (χ0) is 12.6. The van der Waals surface area contributed by atoms with E-state index in [1.165, 1.54) is 32.1 Å². The summed E-state index contributed by atoms with van der Waals surface area (Å²) in [5.41, 5.74) is 0.805. The van der Waals surface area contributed by atoms with Crippen molar-refractivity contribution in [3.63, 3.8) is 0 Å². The van der Waals surface area contributed by atoms with Gasteiger partial charge in [-0.3, -0.25) is 0 Å². The molecule has 4 heteroatoms. The summed E-state index contributed by atoms with van der Waals surface area (Å²) in [6.45, 7) is 0. The lowest BCUT2D eigenvalue weighted by atomic mass is 9.84. The van der Waals surface area contributed by atoms with Gasteiger partial charge < -0.3 is 4.74 Å². The Bertz CT molecular complexity index is 439. The minimum Gasteiger partial charge on any atom is -0.370 e. The summed E-state index contributed by atoms with van der Waals surface area (Å²) in [4.78, 5) is 9.18. The summed E-state index contributed by atoms with van der Waals surface area (Å²) in [6.07, 6.45) is 8.12. The Morgan fingerprint density at radius 3 is 2.56 bits per heavy atom. The van der Waals surface area contributed by atoms with E-state index in [-0.39, 0.29) is 5.60 Å². The maximum atomic E-state index is 6.15. The number of nitrogens with zero attached hydrogens (tertiary/aromatic N) is 2. The van der Waals surface area contributed by atoms with Crippen LogP contribution >= 0.6 is 11.6 Å². The summed E-state index contributed by atoms with van der Waals surface area (Å²) in [5.74, 6) is 1.40. The van der Waals surface area contributed by atoms with Crippen LogP contribution < -0.4 is 0 Å². The van der Waals surface area contributed by atoms with E-state index in [1.807, 2.05) is 6.07 Å². The number of hydrogen-bond acceptors (Lipinski definition) is 3. The highest BCUT2D eigenvalue weighted by molar-refractivity contribution is 6.29. The Kier molecular flexibility index (Phi) is 3.29. The number of aromatic nitrogens is 2. The molecule has 1 heterocycles. The second-order valence-electron chi connectivity index (χ2n) is 5.47. The molecular formula is C14H19ClN2O. The van der Waals surface area contributed by atoms with E-state index < -0.39 is 0 Å². The molecule has 0 radical (unpaired) electrons. The highest BCUT2D eigenvalue weighted by Crippen LogP contribution is 2.42. The third kappa shape index (κ3) is 2.26. The summed E-state index contributed by atoms with van der Waals surface area (Å²) in [5, 5.41) is 0.559. The second-order valence-corrected chi connectivity index (χ2v) is 5.86. The van der Waals surface area contributed by atoms with Gasteiger partial charge in [-0.1, -0.05) is 30.9 Å². The fourth-order valence-corrected chi connectivity index (χ4v) is 3.06. The molecule has 0 unspecified atom stereocenters. The van der Waals surface area contributed by atoms with E-state index in [9.17, 15) is 0 Å². The van der Waals surface area contributed by atoms with Crippen molar-refractivity contribution in [1.82, 2.24) is 9.97 Å². The van der Waals surface area contributed by atoms with Crippen LogP contribution in [0.15, 0.2) is 6.07 Å². The van der Waals surface area contributed by atoms with Gasteiger partial charge in [0.25, 0.3) is 0 Å². The SMILES string of the molecule is COC1(c2nc(Cl)cc(C3CC3)n2)CCCCC1. The lowest BCUT2D eigenvalue weighted by Gasteiger charge is -2.34. The van der Waals surface area contributed by atoms with Crippen molar-refractivity contribution in [2.24, 2.45) is 0 Å². The number of methoxy groups -OCH3 is 1. The van der Waals surface area contributed by atoms with Crippen LogP contribution in [-0.4, -0.2) is 17.1 Å². The number of rotatable bonds is 3. The van der Waals surface area contributed by atoms with Crippen molar-refractivity contribution in [3.05, 3.63) is 22.7 Å². The maximum Gasteiger partial charge on any atom is 0.162 e. The van der Waals surface area contributed by atoms with Gasteiger partial charge in [0.2, 0.25) is 0 Å². The van der Waals surface area contributed by atoms with Crippen LogP contribution in [0.3, 0.4) is 0 Å². The van der Waals surface area contributed by atoms with E-state index >= 15 is 0 Å². The quantitative estimate of drug-likeness (QED) is 0.781. The first-order valence-corrected chi connectivity index (χ1v) is 7.21. The second kappa shape index (κ2) is 4.78. The molecule has 2 saturated carbocycles. The molecular weight excluding hydrogens is 248 g/mol. The molecule has 0 amide bonds. The summed E-state index contributed by atoms with van der Waals surface area (Å²) in [7, 11) is 1.77. The Hall–Kier alpha value is -0.670. The smallest absolute Gasteiger partial charge is 0.162 e. The molecule has 0 spiro atoms. The van der Waals surface area contributed by atoms with Crippen molar-refractivity contribution < 1.29 is 4.74 Å². The molecule has 0 atom stereocenters. The van der Waals surface area contributed by atoms with E-state index in [0.29, 0.717) is 11.1 Å². The monoisotopic (exact) mass is 266 g/mol. The predicted octanol–water partition coefficient (Wildman–Crippen LogP) is 3.81. The Morgan fingerprint density at radius 1 is 1.22 bits per heavy atom. The molecule has 3 rings (SSSR count). The first-order chi connectivity index (χ1) is 8.73. The lowest BCUT2D eigenvalue weighted by molar-refractivity contribution is -0.0516. The van der Waals surface area contributed by atoms with E-state index in [2.05, 4.69) is 4.98 Å². The predicted molar refractivity (Wildman–Crippen MR) is 70.8 cm³/mol. The van der Waals surface area contributed by atoms with Crippen LogP contribution in [0.5, 0.6) is 0 Å². The first kappa shape index (κ1) is 12.4. The van der Waals surface area contributed by atoms with E-state index in [1.54, 1.807) is 7.11 Å². The van der Waals surface area contributed by atoms with E-state index in [0.717, 1.165) is 24.4 Å². The van der Waals surface area contributed by atoms with Crippen molar-refractivity contribution >= 4 is 11.6 Å². The molecule has 0 bridgehead atoms. The average molecular weight is 267 g/mol. The normalized spacial score (nSPS) is 23.0. The average Bonchev–Trinajstić information content (AvgIpc) is 3.23. The van der Waals surface area contributed by atoms with Crippen LogP contribution in [0, 0.1) is 0 Å². The summed E-state index contributed by atoms with van der Waals surface area (Å²) >= 11 is 6.15. The Morgan fingerprint density at radius 2 is 1.94 bits per heavy atom. The molecule has 3 nitrogen and oxygen atoms in total. The highest BCUT2D eigenvalue weighted by Gasteiger charge is 2.38. The number of ether oxygens (including phenoxy) is 1. The topological polar surface area (TPSA) is 35.0 Å². The molecule has 2 aliphatic carbocycles. The molecule has 2 fully saturated rings. The van der Waals surface area contributed by atoms with Crippen LogP contribution in [0.25, 0.3) is 0 Å². The first-order valence-electron chi connectivity index (χ1n) is 6.84. The van der Waals surface area contributed by atoms with Gasteiger partial charge in [-0.05, 0) is 31.7 Å². The molecule has 98 valence electrons. The molecule has 1 aromatic rings. The Balaban J connectivity index is 1.97.